The van der Waals surface area contributed by atoms with E-state index >= 15 is 0 Å². The first kappa shape index (κ1) is 12.2. The van der Waals surface area contributed by atoms with E-state index in [-0.39, 0.29) is 0 Å². The Labute approximate surface area is 93.3 Å². The molecule has 0 bridgehead atoms. The van der Waals surface area contributed by atoms with Crippen LogP contribution in [-0.4, -0.2) is 24.6 Å². The van der Waals surface area contributed by atoms with Gasteiger partial charge in [0.05, 0.1) is 0 Å². The second-order valence-electron chi connectivity index (χ2n) is 4.04. The van der Waals surface area contributed by atoms with Crippen molar-refractivity contribution >= 4 is 0 Å². The van der Waals surface area contributed by atoms with E-state index in [1.54, 1.807) is 6.08 Å². The summed E-state index contributed by atoms with van der Waals surface area (Å²) < 4.78 is 0. The molecule has 1 aliphatic rings. The third-order valence-electron chi connectivity index (χ3n) is 2.82. The summed E-state index contributed by atoms with van der Waals surface area (Å²) in [4.78, 5) is 0. The molecule has 2 nitrogen and oxygen atoms in total. The van der Waals surface area contributed by atoms with Crippen LogP contribution in [0, 0.1) is 0 Å². The van der Waals surface area contributed by atoms with Crippen LogP contribution in [0.2, 0.25) is 0 Å². The van der Waals surface area contributed by atoms with E-state index in [0.717, 1.165) is 37.2 Å². The summed E-state index contributed by atoms with van der Waals surface area (Å²) in [7, 11) is 0. The Hall–Kier alpha value is -0.860. The minimum absolute atomic E-state index is 0.963. The molecule has 0 atom stereocenters. The van der Waals surface area contributed by atoms with Crippen LogP contribution in [0.15, 0.2) is 37.0 Å². The van der Waals surface area contributed by atoms with E-state index in [0.29, 0.717) is 0 Å². The number of hydrazine groups is 1. The maximum absolute atomic E-state index is 4.01. The summed E-state index contributed by atoms with van der Waals surface area (Å²) in [6.07, 6.45) is 6.67. The minimum atomic E-state index is 0.963. The average molecular weight is 206 g/mol. The van der Waals surface area contributed by atoms with E-state index in [1.807, 2.05) is 0 Å². The molecule has 0 aromatic carbocycles. The van der Waals surface area contributed by atoms with Crippen LogP contribution in [0.25, 0.3) is 0 Å². The summed E-state index contributed by atoms with van der Waals surface area (Å²) >= 11 is 0. The molecule has 84 valence electrons. The normalized spacial score (nSPS) is 18.1. The molecule has 0 radical (unpaired) electrons. The van der Waals surface area contributed by atoms with Crippen molar-refractivity contribution < 1.29 is 0 Å². The van der Waals surface area contributed by atoms with Crippen molar-refractivity contribution in [2.24, 2.45) is 0 Å². The van der Waals surface area contributed by atoms with Gasteiger partial charge in [0.25, 0.3) is 0 Å². The van der Waals surface area contributed by atoms with Crippen molar-refractivity contribution in [2.75, 3.05) is 19.6 Å². The molecule has 0 aromatic heterocycles. The number of nitrogens with zero attached hydrogens (tertiary/aromatic N) is 1. The summed E-state index contributed by atoms with van der Waals surface area (Å²) in [5.74, 6) is 0. The molecule has 1 N–H and O–H groups in total. The quantitative estimate of drug-likeness (QED) is 0.696. The topological polar surface area (TPSA) is 15.3 Å². The van der Waals surface area contributed by atoms with Crippen molar-refractivity contribution in [3.05, 3.63) is 37.0 Å². The lowest BCUT2D eigenvalue weighted by Gasteiger charge is -2.21. The van der Waals surface area contributed by atoms with Gasteiger partial charge in [-0.2, -0.15) is 0 Å². The van der Waals surface area contributed by atoms with Crippen LogP contribution in [0.5, 0.6) is 0 Å². The highest BCUT2D eigenvalue weighted by Gasteiger charge is 2.08. The predicted molar refractivity (Wildman–Crippen MR) is 66.5 cm³/mol. The number of hydrogen-bond donors (Lipinski definition) is 1. The van der Waals surface area contributed by atoms with Crippen molar-refractivity contribution in [3.63, 3.8) is 0 Å². The molecule has 0 aromatic rings. The molecule has 1 fully saturated rings. The molecule has 1 rings (SSSR count). The highest BCUT2D eigenvalue weighted by atomic mass is 15.5. The fourth-order valence-electron chi connectivity index (χ4n) is 1.69. The third-order valence-corrected chi connectivity index (χ3v) is 2.82. The summed E-state index contributed by atoms with van der Waals surface area (Å²) in [6, 6.07) is 0. The summed E-state index contributed by atoms with van der Waals surface area (Å²) in [6.45, 7) is 14.9. The van der Waals surface area contributed by atoms with Crippen LogP contribution >= 0.6 is 0 Å². The van der Waals surface area contributed by atoms with Crippen LogP contribution in [0.1, 0.15) is 25.7 Å². The molecule has 15 heavy (non-hydrogen) atoms. The van der Waals surface area contributed by atoms with Gasteiger partial charge >= 0.3 is 0 Å². The minimum Gasteiger partial charge on any atom is -0.255 e. The second kappa shape index (κ2) is 6.59. The monoisotopic (exact) mass is 206 g/mol. The van der Waals surface area contributed by atoms with Gasteiger partial charge in [-0.25, -0.2) is 5.01 Å². The molecule has 2 heteroatoms. The van der Waals surface area contributed by atoms with E-state index in [4.69, 9.17) is 0 Å². The zero-order valence-electron chi connectivity index (χ0n) is 9.60. The molecule has 1 saturated heterocycles. The van der Waals surface area contributed by atoms with Gasteiger partial charge in [0.1, 0.15) is 0 Å². The molecular weight excluding hydrogens is 184 g/mol. The van der Waals surface area contributed by atoms with Crippen molar-refractivity contribution in [1.29, 1.82) is 0 Å². The number of allylic oxidation sites excluding steroid dienone is 2. The smallest absolute Gasteiger partial charge is 0.0171 e. The summed E-state index contributed by atoms with van der Waals surface area (Å²) in [5.41, 5.74) is 5.49. The highest BCUT2D eigenvalue weighted by molar-refractivity contribution is 5.33. The van der Waals surface area contributed by atoms with Gasteiger partial charge in [0.15, 0.2) is 0 Å². The van der Waals surface area contributed by atoms with E-state index in [2.05, 4.69) is 30.2 Å². The molecule has 0 aliphatic carbocycles. The third kappa shape index (κ3) is 4.45. The van der Waals surface area contributed by atoms with Crippen LogP contribution in [-0.2, 0) is 0 Å². The fraction of sp³-hybridized carbons (Fsp3) is 0.538. The van der Waals surface area contributed by atoms with Gasteiger partial charge in [-0.3, -0.25) is 5.43 Å². The SMILES string of the molecule is C=CC(=C)C(=C)CCN1CCCCCN1. The first-order valence-electron chi connectivity index (χ1n) is 5.72. The standard InChI is InChI=1S/C13H22N2/c1-4-12(2)13(3)8-11-15-10-7-5-6-9-14-15/h4,14H,1-3,5-11H2. The molecular formula is C13H22N2. The predicted octanol–water partition coefficient (Wildman–Crippen LogP) is 2.67. The van der Waals surface area contributed by atoms with Crippen molar-refractivity contribution in [2.45, 2.75) is 25.7 Å². The lowest BCUT2D eigenvalue weighted by molar-refractivity contribution is 0.204. The Kier molecular flexibility index (Phi) is 5.37. The van der Waals surface area contributed by atoms with E-state index < -0.39 is 0 Å². The summed E-state index contributed by atoms with van der Waals surface area (Å²) in [5, 5.41) is 2.30. The van der Waals surface area contributed by atoms with Crippen molar-refractivity contribution in [1.82, 2.24) is 10.4 Å². The van der Waals surface area contributed by atoms with Crippen LogP contribution < -0.4 is 5.43 Å². The Morgan fingerprint density at radius 3 is 2.80 bits per heavy atom. The van der Waals surface area contributed by atoms with Gasteiger partial charge < -0.3 is 0 Å². The van der Waals surface area contributed by atoms with Crippen LogP contribution in [0.3, 0.4) is 0 Å². The number of rotatable bonds is 5. The highest BCUT2D eigenvalue weighted by Crippen LogP contribution is 2.11. The first-order chi connectivity index (χ1) is 7.24. The number of hydrogen-bond acceptors (Lipinski definition) is 2. The van der Waals surface area contributed by atoms with Gasteiger partial charge in [0.2, 0.25) is 0 Å². The number of nitrogens with one attached hydrogen (secondary N) is 1. The van der Waals surface area contributed by atoms with Crippen molar-refractivity contribution in [3.8, 4) is 0 Å². The van der Waals surface area contributed by atoms with E-state index in [9.17, 15) is 0 Å². The molecule has 1 aliphatic heterocycles. The molecule has 0 saturated carbocycles. The lowest BCUT2D eigenvalue weighted by Crippen LogP contribution is -2.38. The molecule has 1 heterocycles. The molecule has 0 spiro atoms. The zero-order chi connectivity index (χ0) is 11.1. The molecule has 0 amide bonds. The maximum Gasteiger partial charge on any atom is 0.0171 e. The average Bonchev–Trinajstić information content (AvgIpc) is 2.53. The Morgan fingerprint density at radius 2 is 2.07 bits per heavy atom. The Balaban J connectivity index is 2.25. The lowest BCUT2D eigenvalue weighted by atomic mass is 10.1. The van der Waals surface area contributed by atoms with E-state index in [1.165, 1.54) is 19.3 Å². The zero-order valence-corrected chi connectivity index (χ0v) is 9.60. The van der Waals surface area contributed by atoms with Gasteiger partial charge in [-0.1, -0.05) is 32.2 Å². The van der Waals surface area contributed by atoms with Gasteiger partial charge in [0, 0.05) is 19.6 Å². The second-order valence-corrected chi connectivity index (χ2v) is 4.04. The largest absolute Gasteiger partial charge is 0.255 e. The molecule has 0 unspecified atom stereocenters. The Morgan fingerprint density at radius 1 is 1.27 bits per heavy atom. The fourth-order valence-corrected chi connectivity index (χ4v) is 1.69. The maximum atomic E-state index is 4.01. The Bertz CT molecular complexity index is 235. The van der Waals surface area contributed by atoms with Gasteiger partial charge in [-0.15, -0.1) is 0 Å². The first-order valence-corrected chi connectivity index (χ1v) is 5.72. The van der Waals surface area contributed by atoms with Gasteiger partial charge in [-0.05, 0) is 30.4 Å². The van der Waals surface area contributed by atoms with Crippen LogP contribution in [0.4, 0.5) is 0 Å².